The van der Waals surface area contributed by atoms with Crippen molar-refractivity contribution in [3.05, 3.63) is 54.1 Å². The number of hydrogen-bond acceptors (Lipinski definition) is 1. The second-order valence-electron chi connectivity index (χ2n) is 5.03. The van der Waals surface area contributed by atoms with Crippen molar-refractivity contribution in [2.75, 3.05) is 0 Å². The Morgan fingerprint density at radius 2 is 1.38 bits per heavy atom. The van der Waals surface area contributed by atoms with E-state index < -0.39 is 35.2 Å². The number of alkyl halides is 8. The van der Waals surface area contributed by atoms with Gasteiger partial charge in [0.2, 0.25) is 0 Å². The van der Waals surface area contributed by atoms with Crippen LogP contribution in [0.4, 0.5) is 35.1 Å². The van der Waals surface area contributed by atoms with Crippen LogP contribution >= 0.6 is 0 Å². The van der Waals surface area contributed by atoms with Crippen LogP contribution in [0.5, 0.6) is 5.75 Å². The molecular formula is C15H10F8O. The molecule has 0 bridgehead atoms. The Kier molecular flexibility index (Phi) is 4.41. The van der Waals surface area contributed by atoms with E-state index in [0.29, 0.717) is 18.2 Å². The first kappa shape index (κ1) is 18.3. The molecule has 0 fully saturated rings. The van der Waals surface area contributed by atoms with E-state index in [0.717, 1.165) is 30.4 Å². The largest absolute Gasteiger partial charge is 0.573 e. The molecule has 0 spiro atoms. The third kappa shape index (κ3) is 3.11. The lowest BCUT2D eigenvalue weighted by Gasteiger charge is -2.39. The lowest BCUT2D eigenvalue weighted by molar-refractivity contribution is -0.298. The molecule has 9 heteroatoms. The summed E-state index contributed by atoms with van der Waals surface area (Å²) >= 11 is 0. The number of ether oxygens (including phenoxy) is 1. The lowest BCUT2D eigenvalue weighted by atomic mass is 9.71. The van der Waals surface area contributed by atoms with Crippen molar-refractivity contribution in [1.82, 2.24) is 0 Å². The normalized spacial score (nSPS) is 17.8. The number of rotatable bonds is 3. The Morgan fingerprint density at radius 1 is 0.833 bits per heavy atom. The van der Waals surface area contributed by atoms with Gasteiger partial charge in [0, 0.05) is 5.56 Å². The third-order valence-corrected chi connectivity index (χ3v) is 3.47. The summed E-state index contributed by atoms with van der Waals surface area (Å²) in [6.07, 6.45) is -7.97. The highest BCUT2D eigenvalue weighted by molar-refractivity contribution is 5.50. The summed E-state index contributed by atoms with van der Waals surface area (Å²) in [5.74, 6) is -6.47. The molecule has 1 aromatic carbocycles. The molecule has 0 radical (unpaired) electrons. The van der Waals surface area contributed by atoms with Gasteiger partial charge in [-0.3, -0.25) is 0 Å². The number of para-hydroxylation sites is 1. The molecule has 1 aromatic rings. The molecule has 1 nitrogen and oxygen atoms in total. The van der Waals surface area contributed by atoms with E-state index in [1.165, 1.54) is 0 Å². The summed E-state index contributed by atoms with van der Waals surface area (Å²) in [6.45, 7) is 0. The van der Waals surface area contributed by atoms with Crippen molar-refractivity contribution in [3.63, 3.8) is 0 Å². The van der Waals surface area contributed by atoms with Gasteiger partial charge in [0.05, 0.1) is 0 Å². The number of allylic oxidation sites excluding steroid dienone is 4. The molecule has 0 atom stereocenters. The van der Waals surface area contributed by atoms with Gasteiger partial charge in [0.25, 0.3) is 0 Å². The average molecular weight is 358 g/mol. The molecule has 0 aliphatic heterocycles. The first-order chi connectivity index (χ1) is 10.9. The lowest BCUT2D eigenvalue weighted by Crippen LogP contribution is -2.53. The van der Waals surface area contributed by atoms with E-state index >= 15 is 0 Å². The smallest absolute Gasteiger partial charge is 0.405 e. The topological polar surface area (TPSA) is 9.23 Å². The van der Waals surface area contributed by atoms with Crippen LogP contribution < -0.4 is 4.74 Å². The second-order valence-corrected chi connectivity index (χ2v) is 5.03. The molecule has 0 saturated carbocycles. The molecule has 1 aliphatic carbocycles. The molecule has 0 aromatic heterocycles. The van der Waals surface area contributed by atoms with Crippen LogP contribution in [0.1, 0.15) is 12.0 Å². The number of halogens is 8. The van der Waals surface area contributed by atoms with E-state index in [4.69, 9.17) is 0 Å². The maximum absolute atomic E-state index is 14.2. The fourth-order valence-corrected chi connectivity index (χ4v) is 2.46. The first-order valence-electron chi connectivity index (χ1n) is 6.56. The molecule has 132 valence electrons. The van der Waals surface area contributed by atoms with Crippen LogP contribution in [0.25, 0.3) is 0 Å². The average Bonchev–Trinajstić information content (AvgIpc) is 2.45. The van der Waals surface area contributed by atoms with Crippen molar-refractivity contribution in [2.45, 2.75) is 30.3 Å². The van der Waals surface area contributed by atoms with E-state index in [9.17, 15) is 35.1 Å². The van der Waals surface area contributed by atoms with E-state index in [2.05, 4.69) is 4.74 Å². The number of hydrogen-bond donors (Lipinski definition) is 0. The van der Waals surface area contributed by atoms with Gasteiger partial charge in [-0.05, 0) is 12.5 Å². The first-order valence-corrected chi connectivity index (χ1v) is 6.56. The predicted molar refractivity (Wildman–Crippen MR) is 68.7 cm³/mol. The van der Waals surface area contributed by atoms with Gasteiger partial charge >= 0.3 is 18.5 Å². The molecule has 0 saturated heterocycles. The highest BCUT2D eigenvalue weighted by atomic mass is 19.4. The summed E-state index contributed by atoms with van der Waals surface area (Å²) < 4.78 is 108. The zero-order valence-corrected chi connectivity index (χ0v) is 11.8. The van der Waals surface area contributed by atoms with Crippen molar-refractivity contribution < 1.29 is 39.9 Å². The quantitative estimate of drug-likeness (QED) is 0.509. The molecule has 2 rings (SSSR count). The van der Waals surface area contributed by atoms with Gasteiger partial charge in [-0.1, -0.05) is 42.5 Å². The van der Waals surface area contributed by atoms with Gasteiger partial charge in [0.15, 0.2) is 0 Å². The van der Waals surface area contributed by atoms with Crippen molar-refractivity contribution in [3.8, 4) is 5.75 Å². The second kappa shape index (κ2) is 5.78. The molecular weight excluding hydrogens is 348 g/mol. The zero-order valence-electron chi connectivity index (χ0n) is 11.8. The van der Waals surface area contributed by atoms with E-state index in [1.54, 1.807) is 0 Å². The van der Waals surface area contributed by atoms with Crippen molar-refractivity contribution in [2.24, 2.45) is 0 Å². The van der Waals surface area contributed by atoms with Gasteiger partial charge in [-0.25, -0.2) is 0 Å². The Bertz CT molecular complexity index is 642. The predicted octanol–water partition coefficient (Wildman–Crippen LogP) is 5.54. The summed E-state index contributed by atoms with van der Waals surface area (Å²) in [5, 5.41) is 0. The molecule has 24 heavy (non-hydrogen) atoms. The summed E-state index contributed by atoms with van der Waals surface area (Å²) in [6, 6.07) is 3.54. The van der Waals surface area contributed by atoms with Gasteiger partial charge in [0.1, 0.15) is 11.2 Å². The van der Waals surface area contributed by atoms with Crippen molar-refractivity contribution >= 4 is 0 Å². The van der Waals surface area contributed by atoms with Crippen LogP contribution in [-0.2, 0) is 5.41 Å². The standard InChI is InChI=1S/C15H10F8O/c16-13(17,14(18,19)20)12(8-4-1-5-9-12)10-6-2-3-7-11(10)24-15(21,22)23/h2-9H,1H2. The van der Waals surface area contributed by atoms with Gasteiger partial charge in [-0.2, -0.15) is 22.0 Å². The highest BCUT2D eigenvalue weighted by Gasteiger charge is 2.69. The Hall–Kier alpha value is -2.06. The minimum Gasteiger partial charge on any atom is -0.405 e. The van der Waals surface area contributed by atoms with Gasteiger partial charge in [-0.15, -0.1) is 13.2 Å². The monoisotopic (exact) mass is 358 g/mol. The summed E-state index contributed by atoms with van der Waals surface area (Å²) in [5.41, 5.74) is -4.07. The SMILES string of the molecule is FC(F)(F)Oc1ccccc1C1(C(F)(F)C(F)(F)F)C=CCC=C1. The van der Waals surface area contributed by atoms with Gasteiger partial charge < -0.3 is 4.74 Å². The molecule has 0 amide bonds. The van der Waals surface area contributed by atoms with E-state index in [1.807, 2.05) is 0 Å². The fraction of sp³-hybridized carbons (Fsp3) is 0.333. The molecule has 1 aliphatic rings. The summed E-state index contributed by atoms with van der Waals surface area (Å²) in [4.78, 5) is 0. The molecule has 0 unspecified atom stereocenters. The Morgan fingerprint density at radius 3 is 1.88 bits per heavy atom. The Labute approximate surface area is 131 Å². The molecule has 0 N–H and O–H groups in total. The van der Waals surface area contributed by atoms with Crippen LogP contribution in [0.2, 0.25) is 0 Å². The van der Waals surface area contributed by atoms with Crippen LogP contribution in [0.15, 0.2) is 48.6 Å². The maximum Gasteiger partial charge on any atom is 0.573 e. The van der Waals surface area contributed by atoms with E-state index in [-0.39, 0.29) is 6.42 Å². The summed E-state index contributed by atoms with van der Waals surface area (Å²) in [7, 11) is 0. The maximum atomic E-state index is 14.2. The number of benzene rings is 1. The van der Waals surface area contributed by atoms with Crippen LogP contribution in [0, 0.1) is 0 Å². The minimum absolute atomic E-state index is 0.0813. The molecule has 0 heterocycles. The van der Waals surface area contributed by atoms with Crippen LogP contribution in [0.3, 0.4) is 0 Å². The fourth-order valence-electron chi connectivity index (χ4n) is 2.46. The third-order valence-electron chi connectivity index (χ3n) is 3.47. The zero-order chi connectivity index (χ0) is 18.2. The highest BCUT2D eigenvalue weighted by Crippen LogP contribution is 2.54. The van der Waals surface area contributed by atoms with Crippen LogP contribution in [-0.4, -0.2) is 18.5 Å². The minimum atomic E-state index is -5.98. The Balaban J connectivity index is 2.70. The van der Waals surface area contributed by atoms with Crippen molar-refractivity contribution in [1.29, 1.82) is 0 Å².